The summed E-state index contributed by atoms with van der Waals surface area (Å²) in [4.78, 5) is 23.8. The van der Waals surface area contributed by atoms with Crippen molar-refractivity contribution in [1.29, 1.82) is 0 Å². The van der Waals surface area contributed by atoms with Crippen molar-refractivity contribution in [3.05, 3.63) is 56.5 Å². The van der Waals surface area contributed by atoms with Crippen molar-refractivity contribution in [3.63, 3.8) is 0 Å². The standard InChI is InChI=1S/C18H17BrCl2N2O3/c1-11-2-3-12(19)8-15(11)23-17(24)6-7-22-18(25)10-26-16-5-4-13(20)9-14(16)21/h2-5,8-9H,6-7,10H2,1H3,(H,22,25)(H,23,24). The van der Waals surface area contributed by atoms with Gasteiger partial charge in [0.15, 0.2) is 6.61 Å². The number of anilines is 1. The van der Waals surface area contributed by atoms with E-state index in [2.05, 4.69) is 26.6 Å². The first-order chi connectivity index (χ1) is 12.3. The summed E-state index contributed by atoms with van der Waals surface area (Å²) in [6.45, 7) is 1.91. The minimum absolute atomic E-state index is 0.152. The second-order valence-corrected chi connectivity index (χ2v) is 7.23. The molecule has 26 heavy (non-hydrogen) atoms. The first-order valence-electron chi connectivity index (χ1n) is 7.75. The van der Waals surface area contributed by atoms with Gasteiger partial charge in [-0.15, -0.1) is 0 Å². The molecule has 0 unspecified atom stereocenters. The fourth-order valence-corrected chi connectivity index (χ4v) is 2.87. The van der Waals surface area contributed by atoms with Crippen molar-refractivity contribution < 1.29 is 14.3 Å². The topological polar surface area (TPSA) is 67.4 Å². The Morgan fingerprint density at radius 2 is 1.88 bits per heavy atom. The van der Waals surface area contributed by atoms with Crippen LogP contribution in [-0.4, -0.2) is 25.0 Å². The Kier molecular flexibility index (Phi) is 7.75. The number of halogens is 3. The molecule has 8 heteroatoms. The second-order valence-electron chi connectivity index (χ2n) is 5.47. The summed E-state index contributed by atoms with van der Waals surface area (Å²) in [5.74, 6) is -0.162. The van der Waals surface area contributed by atoms with Crippen LogP contribution in [0.25, 0.3) is 0 Å². The largest absolute Gasteiger partial charge is 0.482 e. The van der Waals surface area contributed by atoms with Crippen molar-refractivity contribution in [2.24, 2.45) is 0 Å². The Morgan fingerprint density at radius 3 is 2.62 bits per heavy atom. The Labute approximate surface area is 170 Å². The normalized spacial score (nSPS) is 10.3. The van der Waals surface area contributed by atoms with Gasteiger partial charge >= 0.3 is 0 Å². The lowest BCUT2D eigenvalue weighted by Crippen LogP contribution is -2.31. The van der Waals surface area contributed by atoms with Gasteiger partial charge in [0.25, 0.3) is 5.91 Å². The molecule has 5 nitrogen and oxygen atoms in total. The molecule has 138 valence electrons. The van der Waals surface area contributed by atoms with E-state index in [0.29, 0.717) is 15.8 Å². The lowest BCUT2D eigenvalue weighted by atomic mass is 10.2. The maximum Gasteiger partial charge on any atom is 0.257 e. The molecule has 0 atom stereocenters. The van der Waals surface area contributed by atoms with Crippen LogP contribution in [0.3, 0.4) is 0 Å². The zero-order valence-corrected chi connectivity index (χ0v) is 17.0. The molecule has 2 rings (SSSR count). The Balaban J connectivity index is 1.72. The lowest BCUT2D eigenvalue weighted by molar-refractivity contribution is -0.123. The Morgan fingerprint density at radius 1 is 1.12 bits per heavy atom. The molecular formula is C18H17BrCl2N2O3. The third kappa shape index (κ3) is 6.52. The van der Waals surface area contributed by atoms with Gasteiger partial charge in [0.05, 0.1) is 5.02 Å². The first-order valence-corrected chi connectivity index (χ1v) is 9.30. The van der Waals surface area contributed by atoms with E-state index in [9.17, 15) is 9.59 Å². The van der Waals surface area contributed by atoms with Crippen molar-refractivity contribution in [3.8, 4) is 5.75 Å². The van der Waals surface area contributed by atoms with E-state index < -0.39 is 0 Å². The summed E-state index contributed by atoms with van der Waals surface area (Å²) in [6, 6.07) is 10.4. The summed E-state index contributed by atoms with van der Waals surface area (Å²) in [7, 11) is 0. The van der Waals surface area contributed by atoms with Gasteiger partial charge in [-0.05, 0) is 42.8 Å². The van der Waals surface area contributed by atoms with Crippen molar-refractivity contribution in [1.82, 2.24) is 5.32 Å². The van der Waals surface area contributed by atoms with E-state index in [1.54, 1.807) is 12.1 Å². The first kappa shape index (κ1) is 20.6. The van der Waals surface area contributed by atoms with E-state index in [-0.39, 0.29) is 31.4 Å². The van der Waals surface area contributed by atoms with Crippen LogP contribution in [-0.2, 0) is 9.59 Å². The van der Waals surface area contributed by atoms with Gasteiger partial charge < -0.3 is 15.4 Å². The molecule has 0 spiro atoms. The fourth-order valence-electron chi connectivity index (χ4n) is 2.04. The smallest absolute Gasteiger partial charge is 0.257 e. The molecule has 0 aliphatic rings. The van der Waals surface area contributed by atoms with Crippen molar-refractivity contribution in [2.75, 3.05) is 18.5 Å². The number of amides is 2. The van der Waals surface area contributed by atoms with Gasteiger partial charge in [0.1, 0.15) is 5.75 Å². The third-order valence-electron chi connectivity index (χ3n) is 3.40. The molecule has 2 aromatic rings. The third-order valence-corrected chi connectivity index (χ3v) is 4.42. The molecule has 2 N–H and O–H groups in total. The summed E-state index contributed by atoms with van der Waals surface area (Å²) >= 11 is 15.1. The number of nitrogens with one attached hydrogen (secondary N) is 2. The number of ether oxygens (including phenoxy) is 1. The highest BCUT2D eigenvalue weighted by atomic mass is 79.9. The maximum absolute atomic E-state index is 12.0. The van der Waals surface area contributed by atoms with E-state index in [0.717, 1.165) is 15.7 Å². The lowest BCUT2D eigenvalue weighted by Gasteiger charge is -2.10. The monoisotopic (exact) mass is 458 g/mol. The minimum Gasteiger partial charge on any atom is -0.482 e. The van der Waals surface area contributed by atoms with E-state index in [1.165, 1.54) is 6.07 Å². The molecular weight excluding hydrogens is 443 g/mol. The van der Waals surface area contributed by atoms with Crippen LogP contribution in [0.15, 0.2) is 40.9 Å². The predicted molar refractivity (Wildman–Crippen MR) is 107 cm³/mol. The number of carbonyl (C=O) groups is 2. The van der Waals surface area contributed by atoms with Crippen molar-refractivity contribution >= 4 is 56.6 Å². The molecule has 0 saturated heterocycles. The van der Waals surface area contributed by atoms with Crippen LogP contribution in [0.4, 0.5) is 5.69 Å². The van der Waals surface area contributed by atoms with Crippen LogP contribution < -0.4 is 15.4 Å². The number of carbonyl (C=O) groups excluding carboxylic acids is 2. The maximum atomic E-state index is 12.0. The molecule has 2 amide bonds. The van der Waals surface area contributed by atoms with Crippen LogP contribution >= 0.6 is 39.1 Å². The van der Waals surface area contributed by atoms with Gasteiger partial charge in [-0.2, -0.15) is 0 Å². The highest BCUT2D eigenvalue weighted by Gasteiger charge is 2.09. The summed E-state index contributed by atoms with van der Waals surface area (Å²) in [5, 5.41) is 6.25. The molecule has 0 bridgehead atoms. The van der Waals surface area contributed by atoms with Crippen molar-refractivity contribution in [2.45, 2.75) is 13.3 Å². The van der Waals surface area contributed by atoms with Gasteiger partial charge in [-0.3, -0.25) is 9.59 Å². The number of rotatable bonds is 7. The van der Waals surface area contributed by atoms with Crippen LogP contribution in [0.5, 0.6) is 5.75 Å². The minimum atomic E-state index is -0.345. The van der Waals surface area contributed by atoms with Crippen LogP contribution in [0.1, 0.15) is 12.0 Å². The quantitative estimate of drug-likeness (QED) is 0.636. The van der Waals surface area contributed by atoms with Gasteiger partial charge in [0, 0.05) is 28.1 Å². The number of hydrogen-bond donors (Lipinski definition) is 2. The summed E-state index contributed by atoms with van der Waals surface area (Å²) < 4.78 is 6.21. The zero-order valence-electron chi connectivity index (χ0n) is 13.9. The number of aryl methyl sites for hydroxylation is 1. The molecule has 2 aromatic carbocycles. The van der Waals surface area contributed by atoms with Crippen LogP contribution in [0.2, 0.25) is 10.0 Å². The SMILES string of the molecule is Cc1ccc(Br)cc1NC(=O)CCNC(=O)COc1ccc(Cl)cc1Cl. The molecule has 0 aliphatic heterocycles. The molecule has 0 aromatic heterocycles. The zero-order chi connectivity index (χ0) is 19.1. The highest BCUT2D eigenvalue weighted by Crippen LogP contribution is 2.27. The van der Waals surface area contributed by atoms with Gasteiger partial charge in [-0.25, -0.2) is 0 Å². The Bertz CT molecular complexity index is 815. The molecule has 0 radical (unpaired) electrons. The Hall–Kier alpha value is -1.76. The fraction of sp³-hybridized carbons (Fsp3) is 0.222. The average molecular weight is 460 g/mol. The molecule has 0 aliphatic carbocycles. The van der Waals surface area contributed by atoms with Crippen LogP contribution in [0, 0.1) is 6.92 Å². The predicted octanol–water partition coefficient (Wildman–Crippen LogP) is 4.59. The van der Waals surface area contributed by atoms with E-state index >= 15 is 0 Å². The van der Waals surface area contributed by atoms with Gasteiger partial charge in [-0.1, -0.05) is 45.2 Å². The highest BCUT2D eigenvalue weighted by molar-refractivity contribution is 9.10. The van der Waals surface area contributed by atoms with Gasteiger partial charge in [0.2, 0.25) is 5.91 Å². The number of hydrogen-bond acceptors (Lipinski definition) is 3. The summed E-state index contributed by atoms with van der Waals surface area (Å²) in [6.07, 6.45) is 0.152. The second kappa shape index (κ2) is 9.80. The van der Waals surface area contributed by atoms with E-state index in [1.807, 2.05) is 25.1 Å². The molecule has 0 heterocycles. The number of benzene rings is 2. The molecule has 0 saturated carbocycles. The van der Waals surface area contributed by atoms with E-state index in [4.69, 9.17) is 27.9 Å². The molecule has 0 fully saturated rings. The average Bonchev–Trinajstić information content (AvgIpc) is 2.57. The summed E-state index contributed by atoms with van der Waals surface area (Å²) in [5.41, 5.74) is 1.69.